The van der Waals surface area contributed by atoms with Crippen LogP contribution in [-0.2, 0) is 26.1 Å². The number of pyridine rings is 1. The van der Waals surface area contributed by atoms with Gasteiger partial charge in [-0.2, -0.15) is 35.0 Å². The van der Waals surface area contributed by atoms with E-state index < -0.39 is 71.5 Å². The van der Waals surface area contributed by atoms with Crippen LogP contribution in [0, 0.1) is 0 Å². The van der Waals surface area contributed by atoms with Crippen LogP contribution in [0.3, 0.4) is 0 Å². The van der Waals surface area contributed by atoms with E-state index >= 15 is 0 Å². The fourth-order valence-corrected chi connectivity index (χ4v) is 5.47. The minimum Gasteiger partial charge on any atom is -0.415 e. The number of carbonyl (C=O) groups is 1. The van der Waals surface area contributed by atoms with Crippen molar-refractivity contribution in [2.75, 3.05) is 13.2 Å². The lowest BCUT2D eigenvalue weighted by molar-refractivity contribution is -0.270. The molecule has 2 atom stereocenters. The maximum absolute atomic E-state index is 13.4. The maximum Gasteiger partial charge on any atom is 0.463 e. The number of nitrogens with one attached hydrogen (secondary N) is 1. The van der Waals surface area contributed by atoms with E-state index in [4.69, 9.17) is 9.15 Å². The van der Waals surface area contributed by atoms with Gasteiger partial charge < -0.3 is 14.5 Å². The van der Waals surface area contributed by atoms with Gasteiger partial charge in [-0.1, -0.05) is 0 Å². The molecule has 18 heteroatoms. The van der Waals surface area contributed by atoms with Gasteiger partial charge in [-0.3, -0.25) is 9.78 Å². The highest BCUT2D eigenvalue weighted by atomic mass is 32.2. The number of aromatic nitrogens is 3. The van der Waals surface area contributed by atoms with Crippen LogP contribution in [0.15, 0.2) is 21.6 Å². The second kappa shape index (κ2) is 8.66. The van der Waals surface area contributed by atoms with Crippen LogP contribution >= 0.6 is 0 Å². The van der Waals surface area contributed by atoms with Crippen molar-refractivity contribution in [3.05, 3.63) is 23.8 Å². The summed E-state index contributed by atoms with van der Waals surface area (Å²) >= 11 is 0. The molecule has 2 aromatic rings. The number of hydrogen-bond donors (Lipinski definition) is 1. The summed E-state index contributed by atoms with van der Waals surface area (Å²) in [6, 6.07) is -1.74. The van der Waals surface area contributed by atoms with Crippen LogP contribution in [0.25, 0.3) is 11.5 Å². The van der Waals surface area contributed by atoms with Gasteiger partial charge in [-0.05, 0) is 12.5 Å². The Hall–Kier alpha value is -2.86. The number of halogens is 7. The highest BCUT2D eigenvalue weighted by Crippen LogP contribution is 2.38. The topological polar surface area (TPSA) is 128 Å². The Morgan fingerprint density at radius 2 is 1.91 bits per heavy atom. The molecule has 1 saturated heterocycles. The average Bonchev–Trinajstić information content (AvgIpc) is 3.36. The SMILES string of the molecule is O=C(N[C@@H]1COCC[C@H]1N1Cc2ncc(-c3nnc(C(F)F)o3)cc2S1(=O)=O)C(F)(F)C(F)(F)F. The van der Waals surface area contributed by atoms with Crippen molar-refractivity contribution in [3.8, 4) is 11.5 Å². The van der Waals surface area contributed by atoms with Crippen molar-refractivity contribution in [1.29, 1.82) is 0 Å². The lowest BCUT2D eigenvalue weighted by Crippen LogP contribution is -2.61. The first-order valence-electron chi connectivity index (χ1n) is 9.69. The van der Waals surface area contributed by atoms with Gasteiger partial charge in [0.25, 0.3) is 5.89 Å². The Morgan fingerprint density at radius 3 is 2.54 bits per heavy atom. The Kier molecular flexibility index (Phi) is 6.25. The molecular weight excluding hydrogens is 519 g/mol. The van der Waals surface area contributed by atoms with Crippen LogP contribution in [-0.4, -0.2) is 71.2 Å². The van der Waals surface area contributed by atoms with Crippen molar-refractivity contribution >= 4 is 15.9 Å². The number of amides is 1. The van der Waals surface area contributed by atoms with Gasteiger partial charge in [0.15, 0.2) is 0 Å². The first-order chi connectivity index (χ1) is 16.2. The van der Waals surface area contributed by atoms with Crippen LogP contribution in [0.2, 0.25) is 0 Å². The third kappa shape index (κ3) is 4.44. The molecule has 1 N–H and O–H groups in total. The monoisotopic (exact) mass is 533 g/mol. The summed E-state index contributed by atoms with van der Waals surface area (Å²) in [6.45, 7) is -0.979. The van der Waals surface area contributed by atoms with Crippen LogP contribution in [0.5, 0.6) is 0 Å². The summed E-state index contributed by atoms with van der Waals surface area (Å²) < 4.78 is 127. The molecule has 4 rings (SSSR count). The molecule has 0 aromatic carbocycles. The second-order valence-corrected chi connectivity index (χ2v) is 9.41. The predicted octanol–water partition coefficient (Wildman–Crippen LogP) is 2.04. The lowest BCUT2D eigenvalue weighted by atomic mass is 10.0. The highest BCUT2D eigenvalue weighted by molar-refractivity contribution is 7.89. The molecule has 4 heterocycles. The third-order valence-electron chi connectivity index (χ3n) is 5.34. The highest BCUT2D eigenvalue weighted by Gasteiger charge is 2.64. The van der Waals surface area contributed by atoms with E-state index in [0.29, 0.717) is 0 Å². The fraction of sp³-hybridized carbons (Fsp3) is 0.529. The number of hydrogen-bond acceptors (Lipinski definition) is 8. The average molecular weight is 533 g/mol. The van der Waals surface area contributed by atoms with E-state index in [1.807, 2.05) is 0 Å². The first kappa shape index (κ1) is 25.2. The summed E-state index contributed by atoms with van der Waals surface area (Å²) in [7, 11) is -4.40. The zero-order valence-electron chi connectivity index (χ0n) is 17.1. The molecule has 0 aliphatic carbocycles. The van der Waals surface area contributed by atoms with Crippen molar-refractivity contribution in [2.24, 2.45) is 0 Å². The minimum atomic E-state index is -6.16. The van der Waals surface area contributed by atoms with Gasteiger partial charge in [0.05, 0.1) is 36.5 Å². The molecule has 192 valence electrons. The second-order valence-electron chi connectivity index (χ2n) is 7.55. The van der Waals surface area contributed by atoms with Crippen molar-refractivity contribution in [2.45, 2.75) is 48.5 Å². The predicted molar refractivity (Wildman–Crippen MR) is 97.4 cm³/mol. The standard InChI is InChI=1S/C17H14F7N5O5S/c18-12(19)14-28-27-13(34-14)7-3-11-8(25-4-7)5-29(35(11,31)32)10-1-2-33-6-9(10)26-15(30)16(20,21)17(22,23)24/h3-4,9-10,12H,1-2,5-6H2,(H,26,30)/t9-,10-/m1/s1. The van der Waals surface area contributed by atoms with E-state index in [1.54, 1.807) is 5.32 Å². The first-order valence-corrected chi connectivity index (χ1v) is 11.1. The molecule has 0 bridgehead atoms. The Bertz CT molecular complexity index is 1240. The normalized spacial score (nSPS) is 22.9. The maximum atomic E-state index is 13.4. The summed E-state index contributed by atoms with van der Waals surface area (Å²) in [5, 5.41) is 8.08. The summed E-state index contributed by atoms with van der Waals surface area (Å²) in [5.41, 5.74) is -0.116. The van der Waals surface area contributed by atoms with E-state index in [2.05, 4.69) is 15.2 Å². The molecule has 2 aliphatic heterocycles. The van der Waals surface area contributed by atoms with E-state index in [0.717, 1.165) is 16.6 Å². The molecule has 2 aliphatic rings. The molecule has 2 aromatic heterocycles. The number of carbonyl (C=O) groups excluding carboxylic acids is 1. The zero-order valence-corrected chi connectivity index (χ0v) is 17.9. The van der Waals surface area contributed by atoms with E-state index in [9.17, 15) is 43.9 Å². The molecule has 1 amide bonds. The number of ether oxygens (including phenoxy) is 1. The number of nitrogens with zero attached hydrogens (tertiary/aromatic N) is 4. The van der Waals surface area contributed by atoms with Crippen molar-refractivity contribution in [3.63, 3.8) is 0 Å². The Balaban J connectivity index is 1.60. The number of alkyl halides is 7. The number of fused-ring (bicyclic) bond motifs is 1. The van der Waals surface area contributed by atoms with Gasteiger partial charge in [-0.15, -0.1) is 10.2 Å². The molecule has 0 saturated carbocycles. The van der Waals surface area contributed by atoms with Crippen molar-refractivity contribution in [1.82, 2.24) is 24.8 Å². The number of rotatable bonds is 5. The largest absolute Gasteiger partial charge is 0.463 e. The van der Waals surface area contributed by atoms with Crippen LogP contribution < -0.4 is 5.32 Å². The van der Waals surface area contributed by atoms with Crippen LogP contribution in [0.4, 0.5) is 30.7 Å². The summed E-state index contributed by atoms with van der Waals surface area (Å²) in [4.78, 5) is 15.3. The van der Waals surface area contributed by atoms with Gasteiger partial charge in [0.1, 0.15) is 4.90 Å². The summed E-state index contributed by atoms with van der Waals surface area (Å²) in [5.74, 6) is -9.79. The van der Waals surface area contributed by atoms with Gasteiger partial charge >= 0.3 is 24.4 Å². The molecular formula is C17H14F7N5O5S. The summed E-state index contributed by atoms with van der Waals surface area (Å²) in [6.07, 6.45) is -8.27. The lowest BCUT2D eigenvalue weighted by Gasteiger charge is -2.37. The molecule has 10 nitrogen and oxygen atoms in total. The van der Waals surface area contributed by atoms with E-state index in [1.165, 1.54) is 0 Å². The number of sulfonamides is 1. The molecule has 0 radical (unpaired) electrons. The van der Waals surface area contributed by atoms with Gasteiger partial charge in [0, 0.05) is 12.8 Å². The Morgan fingerprint density at radius 1 is 1.20 bits per heavy atom. The molecule has 0 unspecified atom stereocenters. The van der Waals surface area contributed by atoms with Gasteiger partial charge in [-0.25, -0.2) is 8.42 Å². The zero-order chi connectivity index (χ0) is 25.8. The molecule has 1 fully saturated rings. The molecule has 35 heavy (non-hydrogen) atoms. The smallest absolute Gasteiger partial charge is 0.415 e. The van der Waals surface area contributed by atoms with E-state index in [-0.39, 0.29) is 29.2 Å². The Labute approximate surface area is 191 Å². The third-order valence-corrected chi connectivity index (χ3v) is 7.27. The van der Waals surface area contributed by atoms with Crippen LogP contribution in [0.1, 0.15) is 24.4 Å². The molecule has 0 spiro atoms. The van der Waals surface area contributed by atoms with Crippen molar-refractivity contribution < 1.29 is 53.1 Å². The quantitative estimate of drug-likeness (QED) is 0.579. The minimum absolute atomic E-state index is 0.0143. The van der Waals surface area contributed by atoms with Gasteiger partial charge in [0.2, 0.25) is 15.9 Å². The fourth-order valence-electron chi connectivity index (χ4n) is 3.62.